The van der Waals surface area contributed by atoms with Gasteiger partial charge in [0.15, 0.2) is 0 Å². The number of thiazole rings is 1. The quantitative estimate of drug-likeness (QED) is 0.692. The summed E-state index contributed by atoms with van der Waals surface area (Å²) in [6.45, 7) is 4.78. The van der Waals surface area contributed by atoms with Crippen LogP contribution in [0.1, 0.15) is 21.7 Å². The highest BCUT2D eigenvalue weighted by Crippen LogP contribution is 2.29. The Kier molecular flexibility index (Phi) is 5.63. The van der Waals surface area contributed by atoms with Crippen molar-refractivity contribution < 1.29 is 9.18 Å². The van der Waals surface area contributed by atoms with E-state index in [1.165, 1.54) is 17.7 Å². The summed E-state index contributed by atoms with van der Waals surface area (Å²) in [5.74, 6) is -0.289. The van der Waals surface area contributed by atoms with Gasteiger partial charge >= 0.3 is 6.03 Å². The van der Waals surface area contributed by atoms with Crippen LogP contribution in [0.3, 0.4) is 0 Å². The highest BCUT2D eigenvalue weighted by atomic mass is 32.1. The Morgan fingerprint density at radius 1 is 1.04 bits per heavy atom. The molecule has 2 N–H and O–H groups in total. The highest BCUT2D eigenvalue weighted by molar-refractivity contribution is 7.15. The van der Waals surface area contributed by atoms with Gasteiger partial charge in [-0.05, 0) is 37.1 Å². The SMILES string of the molecule is Cc1ccccc1-c1nc(C)c(CNC(=O)NCc2ccc(F)cc2)s1. The fourth-order valence-electron chi connectivity index (χ4n) is 2.53. The molecule has 0 fully saturated rings. The van der Waals surface area contributed by atoms with Crippen molar-refractivity contribution in [2.75, 3.05) is 0 Å². The van der Waals surface area contributed by atoms with Crippen LogP contribution in [-0.4, -0.2) is 11.0 Å². The number of aromatic nitrogens is 1. The molecule has 0 radical (unpaired) electrons. The van der Waals surface area contributed by atoms with E-state index in [9.17, 15) is 9.18 Å². The molecule has 0 bridgehead atoms. The van der Waals surface area contributed by atoms with E-state index in [2.05, 4.69) is 34.7 Å². The molecule has 0 unspecified atom stereocenters. The molecule has 0 aliphatic heterocycles. The van der Waals surface area contributed by atoms with Gasteiger partial charge in [0.2, 0.25) is 0 Å². The zero-order valence-corrected chi connectivity index (χ0v) is 15.5. The predicted molar refractivity (Wildman–Crippen MR) is 102 cm³/mol. The van der Waals surface area contributed by atoms with Gasteiger partial charge < -0.3 is 10.6 Å². The average molecular weight is 369 g/mol. The van der Waals surface area contributed by atoms with Crippen molar-refractivity contribution in [3.63, 3.8) is 0 Å². The van der Waals surface area contributed by atoms with Crippen molar-refractivity contribution >= 4 is 17.4 Å². The van der Waals surface area contributed by atoms with Crippen molar-refractivity contribution in [2.45, 2.75) is 26.9 Å². The lowest BCUT2D eigenvalue weighted by Crippen LogP contribution is -2.34. The van der Waals surface area contributed by atoms with Gasteiger partial charge in [-0.1, -0.05) is 36.4 Å². The first-order chi connectivity index (χ1) is 12.5. The van der Waals surface area contributed by atoms with Crippen LogP contribution < -0.4 is 10.6 Å². The van der Waals surface area contributed by atoms with Gasteiger partial charge in [0.05, 0.1) is 12.2 Å². The van der Waals surface area contributed by atoms with Crippen molar-refractivity contribution in [2.24, 2.45) is 0 Å². The summed E-state index contributed by atoms with van der Waals surface area (Å²) in [5, 5.41) is 6.58. The van der Waals surface area contributed by atoms with Crippen LogP contribution >= 0.6 is 11.3 Å². The third-order valence-electron chi connectivity index (χ3n) is 4.04. The minimum Gasteiger partial charge on any atom is -0.334 e. The molecule has 1 aromatic heterocycles. The molecule has 0 saturated carbocycles. The number of hydrogen-bond donors (Lipinski definition) is 2. The molecule has 6 heteroatoms. The number of benzene rings is 2. The molecule has 0 spiro atoms. The summed E-state index contributed by atoms with van der Waals surface area (Å²) in [7, 11) is 0. The van der Waals surface area contributed by atoms with Gasteiger partial charge in [-0.25, -0.2) is 14.2 Å². The van der Waals surface area contributed by atoms with Gasteiger partial charge in [-0.2, -0.15) is 0 Å². The predicted octanol–water partition coefficient (Wildman–Crippen LogP) is 4.57. The van der Waals surface area contributed by atoms with E-state index in [-0.39, 0.29) is 11.8 Å². The fraction of sp³-hybridized carbons (Fsp3) is 0.200. The highest BCUT2D eigenvalue weighted by Gasteiger charge is 2.12. The van der Waals surface area contributed by atoms with E-state index in [1.807, 2.05) is 19.1 Å². The smallest absolute Gasteiger partial charge is 0.315 e. The minimum absolute atomic E-state index is 0.264. The minimum atomic E-state index is -0.289. The second-order valence-electron chi connectivity index (χ2n) is 6.01. The third-order valence-corrected chi connectivity index (χ3v) is 5.23. The molecule has 2 amide bonds. The lowest BCUT2D eigenvalue weighted by Gasteiger charge is -2.07. The van der Waals surface area contributed by atoms with E-state index < -0.39 is 0 Å². The Balaban J connectivity index is 1.57. The summed E-state index contributed by atoms with van der Waals surface area (Å²) in [5.41, 5.74) is 4.06. The third kappa shape index (κ3) is 4.46. The monoisotopic (exact) mass is 369 g/mol. The number of rotatable bonds is 5. The number of carbonyl (C=O) groups excluding carboxylic acids is 1. The largest absolute Gasteiger partial charge is 0.334 e. The molecule has 0 atom stereocenters. The normalized spacial score (nSPS) is 10.6. The van der Waals surface area contributed by atoms with E-state index in [4.69, 9.17) is 0 Å². The zero-order valence-electron chi connectivity index (χ0n) is 14.7. The summed E-state index contributed by atoms with van der Waals surface area (Å²) >= 11 is 1.59. The Hall–Kier alpha value is -2.73. The molecule has 0 saturated heterocycles. The Labute approximate surface area is 156 Å². The second-order valence-corrected chi connectivity index (χ2v) is 7.09. The molecule has 26 heavy (non-hydrogen) atoms. The molecule has 3 rings (SSSR count). The first-order valence-electron chi connectivity index (χ1n) is 8.31. The topological polar surface area (TPSA) is 54.0 Å². The molecular weight excluding hydrogens is 349 g/mol. The van der Waals surface area contributed by atoms with E-state index >= 15 is 0 Å². The van der Waals surface area contributed by atoms with Crippen LogP contribution in [0.15, 0.2) is 48.5 Å². The number of nitrogens with one attached hydrogen (secondary N) is 2. The molecular formula is C20H20FN3OS. The lowest BCUT2D eigenvalue weighted by atomic mass is 10.1. The van der Waals surface area contributed by atoms with Crippen LogP contribution in [0, 0.1) is 19.7 Å². The summed E-state index contributed by atoms with van der Waals surface area (Å²) in [6, 6.07) is 13.9. The summed E-state index contributed by atoms with van der Waals surface area (Å²) in [4.78, 5) is 17.6. The Morgan fingerprint density at radius 2 is 1.73 bits per heavy atom. The van der Waals surface area contributed by atoms with Gasteiger partial charge in [0.1, 0.15) is 10.8 Å². The van der Waals surface area contributed by atoms with Crippen LogP contribution in [0.2, 0.25) is 0 Å². The maximum Gasteiger partial charge on any atom is 0.315 e. The van der Waals surface area contributed by atoms with Gasteiger partial charge in [-0.3, -0.25) is 0 Å². The van der Waals surface area contributed by atoms with E-state index in [1.54, 1.807) is 23.5 Å². The molecule has 0 aliphatic carbocycles. The second kappa shape index (κ2) is 8.10. The van der Waals surface area contributed by atoms with Crippen LogP contribution in [-0.2, 0) is 13.1 Å². The number of urea groups is 1. The molecule has 0 aliphatic rings. The first-order valence-corrected chi connectivity index (χ1v) is 9.13. The number of carbonyl (C=O) groups is 1. The van der Waals surface area contributed by atoms with Crippen LogP contribution in [0.5, 0.6) is 0 Å². The number of hydrogen-bond acceptors (Lipinski definition) is 3. The number of amides is 2. The van der Waals surface area contributed by atoms with E-state index in [0.717, 1.165) is 26.7 Å². The fourth-order valence-corrected chi connectivity index (χ4v) is 3.62. The Morgan fingerprint density at radius 3 is 2.46 bits per heavy atom. The van der Waals surface area contributed by atoms with E-state index in [0.29, 0.717) is 13.1 Å². The van der Waals surface area contributed by atoms with Crippen molar-refractivity contribution in [3.8, 4) is 10.6 Å². The van der Waals surface area contributed by atoms with Gasteiger partial charge in [-0.15, -0.1) is 11.3 Å². The van der Waals surface area contributed by atoms with Crippen molar-refractivity contribution in [3.05, 3.63) is 76.0 Å². The first kappa shape index (κ1) is 18.1. The molecule has 3 aromatic rings. The van der Waals surface area contributed by atoms with Gasteiger partial charge in [0, 0.05) is 17.0 Å². The molecule has 2 aromatic carbocycles. The van der Waals surface area contributed by atoms with Crippen molar-refractivity contribution in [1.29, 1.82) is 0 Å². The zero-order chi connectivity index (χ0) is 18.5. The summed E-state index contributed by atoms with van der Waals surface area (Å²) < 4.78 is 12.9. The average Bonchev–Trinajstić information content (AvgIpc) is 3.00. The summed E-state index contributed by atoms with van der Waals surface area (Å²) in [6.07, 6.45) is 0. The number of nitrogens with zero attached hydrogens (tertiary/aromatic N) is 1. The van der Waals surface area contributed by atoms with Crippen LogP contribution in [0.25, 0.3) is 10.6 Å². The maximum absolute atomic E-state index is 12.9. The Bertz CT molecular complexity index is 906. The standard InChI is InChI=1S/C20H20FN3OS/c1-13-5-3-4-6-17(13)19-24-14(2)18(26-19)12-23-20(25)22-11-15-7-9-16(21)10-8-15/h3-10H,11-12H2,1-2H3,(H2,22,23,25). The van der Waals surface area contributed by atoms with Gasteiger partial charge in [0.25, 0.3) is 0 Å². The number of halogens is 1. The molecule has 4 nitrogen and oxygen atoms in total. The maximum atomic E-state index is 12.9. The lowest BCUT2D eigenvalue weighted by molar-refractivity contribution is 0.240. The van der Waals surface area contributed by atoms with Crippen molar-refractivity contribution in [1.82, 2.24) is 15.6 Å². The van der Waals surface area contributed by atoms with Crippen LogP contribution in [0.4, 0.5) is 9.18 Å². The molecule has 134 valence electrons. The molecule has 1 heterocycles. The number of aryl methyl sites for hydroxylation is 2.